The number of nitrogens with two attached hydrogens (primary N) is 2. The molecule has 26 heavy (non-hydrogen) atoms. The summed E-state index contributed by atoms with van der Waals surface area (Å²) in [4.78, 5) is 19.0. The molecule has 6 nitrogen and oxygen atoms in total. The molecule has 2 aromatic carbocycles. The van der Waals surface area contributed by atoms with E-state index in [-0.39, 0.29) is 16.7 Å². The molecule has 0 saturated carbocycles. The van der Waals surface area contributed by atoms with Gasteiger partial charge >= 0.3 is 0 Å². The van der Waals surface area contributed by atoms with Crippen LogP contribution in [-0.2, 0) is 0 Å². The molecule has 0 radical (unpaired) electrons. The van der Waals surface area contributed by atoms with E-state index in [1.165, 1.54) is 18.2 Å². The Hall–Kier alpha value is -3.86. The number of fused-ring (bicyclic) bond motifs is 1. The Kier molecular flexibility index (Phi) is 4.29. The monoisotopic (exact) mass is 351 g/mol. The largest absolute Gasteiger partial charge is 0.370 e. The van der Waals surface area contributed by atoms with E-state index in [0.29, 0.717) is 10.8 Å². The maximum absolute atomic E-state index is 14.3. The molecule has 3 aromatic rings. The molecule has 0 fully saturated rings. The summed E-state index contributed by atoms with van der Waals surface area (Å²) in [6, 6.07) is 9.43. The Morgan fingerprint density at radius 2 is 1.73 bits per heavy atom. The summed E-state index contributed by atoms with van der Waals surface area (Å²) >= 11 is 0. The van der Waals surface area contributed by atoms with Gasteiger partial charge < -0.3 is 11.5 Å². The molecule has 0 bridgehead atoms. The van der Waals surface area contributed by atoms with E-state index in [4.69, 9.17) is 11.5 Å². The van der Waals surface area contributed by atoms with E-state index in [0.717, 1.165) is 12.4 Å². The van der Waals surface area contributed by atoms with Crippen molar-refractivity contribution in [2.75, 3.05) is 0 Å². The number of guanidine groups is 1. The minimum Gasteiger partial charge on any atom is -0.370 e. The van der Waals surface area contributed by atoms with Gasteiger partial charge in [0.15, 0.2) is 17.6 Å². The van der Waals surface area contributed by atoms with E-state index >= 15 is 0 Å². The molecular weight excluding hydrogens is 340 g/mol. The lowest BCUT2D eigenvalue weighted by molar-refractivity contribution is 0.100. The van der Waals surface area contributed by atoms with E-state index in [9.17, 15) is 18.8 Å². The quantitative estimate of drug-likeness (QED) is 0.543. The molecule has 0 unspecified atom stereocenters. The van der Waals surface area contributed by atoms with E-state index in [1.807, 2.05) is 6.07 Å². The van der Waals surface area contributed by atoms with Crippen LogP contribution in [0.3, 0.4) is 0 Å². The van der Waals surface area contributed by atoms with Gasteiger partial charge in [0.1, 0.15) is 0 Å². The Morgan fingerprint density at radius 1 is 1.08 bits per heavy atom. The third-order valence-corrected chi connectivity index (χ3v) is 3.72. The first-order valence-electron chi connectivity index (χ1n) is 7.32. The van der Waals surface area contributed by atoms with Gasteiger partial charge in [0.05, 0.1) is 29.6 Å². The minimum atomic E-state index is -0.921. The van der Waals surface area contributed by atoms with Gasteiger partial charge in [0, 0.05) is 11.1 Å². The highest BCUT2D eigenvalue weighted by molar-refractivity contribution is 6.07. The zero-order chi connectivity index (χ0) is 18.8. The molecule has 3 rings (SSSR count). The first kappa shape index (κ1) is 17.0. The fourth-order valence-electron chi connectivity index (χ4n) is 2.65. The summed E-state index contributed by atoms with van der Waals surface area (Å²) < 4.78 is 28.6. The summed E-state index contributed by atoms with van der Waals surface area (Å²) in [6.45, 7) is 0. The molecule has 0 aliphatic rings. The van der Waals surface area contributed by atoms with Crippen LogP contribution >= 0.6 is 0 Å². The van der Waals surface area contributed by atoms with Crippen molar-refractivity contribution in [2.45, 2.75) is 0 Å². The molecule has 1 heterocycles. The lowest BCUT2D eigenvalue weighted by Crippen LogP contribution is -2.24. The molecular formula is C18H11F2N5O. The molecule has 0 spiro atoms. The Morgan fingerprint density at radius 3 is 2.35 bits per heavy atom. The number of aromatic nitrogens is 1. The number of rotatable bonds is 2. The van der Waals surface area contributed by atoms with Crippen LogP contribution in [0.5, 0.6) is 0 Å². The number of hydrogen-bond acceptors (Lipinski definition) is 3. The van der Waals surface area contributed by atoms with Crippen molar-refractivity contribution < 1.29 is 13.6 Å². The fourth-order valence-corrected chi connectivity index (χ4v) is 2.65. The molecule has 0 saturated heterocycles. The predicted octanol–water partition coefficient (Wildman–Crippen LogP) is 2.47. The first-order chi connectivity index (χ1) is 12.4. The van der Waals surface area contributed by atoms with Gasteiger partial charge in [0.2, 0.25) is 0 Å². The summed E-state index contributed by atoms with van der Waals surface area (Å²) in [5, 5.41) is 10.3. The number of nitrogens with zero attached hydrogens (tertiary/aromatic N) is 3. The molecule has 0 atom stereocenters. The number of benzene rings is 2. The second-order valence-corrected chi connectivity index (χ2v) is 5.36. The zero-order valence-corrected chi connectivity index (χ0v) is 13.2. The predicted molar refractivity (Wildman–Crippen MR) is 92.0 cm³/mol. The highest BCUT2D eigenvalue weighted by Gasteiger charge is 2.19. The SMILES string of the molecule is N#Cc1ccc2ccc(C(=O)N=C(N)N)cc2c1-c1c(F)cncc1F. The smallest absolute Gasteiger partial charge is 0.280 e. The zero-order valence-electron chi connectivity index (χ0n) is 13.2. The molecule has 4 N–H and O–H groups in total. The van der Waals surface area contributed by atoms with Gasteiger partial charge in [-0.3, -0.25) is 9.78 Å². The lowest BCUT2D eigenvalue weighted by Gasteiger charge is -2.12. The van der Waals surface area contributed by atoms with Crippen molar-refractivity contribution in [1.29, 1.82) is 5.26 Å². The van der Waals surface area contributed by atoms with Crippen LogP contribution in [0.25, 0.3) is 21.9 Å². The van der Waals surface area contributed by atoms with Gasteiger partial charge in [-0.25, -0.2) is 8.78 Å². The Labute approximate surface area is 146 Å². The number of carbonyl (C=O) groups is 1. The molecule has 0 aliphatic heterocycles. The second kappa shape index (κ2) is 6.57. The van der Waals surface area contributed by atoms with Crippen LogP contribution in [0.15, 0.2) is 47.7 Å². The Balaban J connectivity index is 2.38. The second-order valence-electron chi connectivity index (χ2n) is 5.36. The maximum atomic E-state index is 14.3. The van der Waals surface area contributed by atoms with Crippen molar-refractivity contribution in [2.24, 2.45) is 16.5 Å². The number of amides is 1. The number of nitriles is 1. The van der Waals surface area contributed by atoms with Crippen molar-refractivity contribution in [3.05, 3.63) is 65.5 Å². The minimum absolute atomic E-state index is 0.0294. The van der Waals surface area contributed by atoms with Crippen LogP contribution in [0.4, 0.5) is 8.78 Å². The average Bonchev–Trinajstić information content (AvgIpc) is 2.60. The summed E-state index contributed by atoms with van der Waals surface area (Å²) in [6.07, 6.45) is 1.71. The third kappa shape index (κ3) is 2.93. The molecule has 1 aromatic heterocycles. The normalized spacial score (nSPS) is 10.3. The summed E-state index contributed by atoms with van der Waals surface area (Å²) in [7, 11) is 0. The van der Waals surface area contributed by atoms with Gasteiger partial charge in [-0.2, -0.15) is 10.3 Å². The standard InChI is InChI=1S/C18H11F2N5O/c19-13-7-24-8-14(20)16(13)15-11(6-21)4-2-9-1-3-10(5-12(9)15)17(26)25-18(22)23/h1-5,7-8H,(H4,22,23,25,26). The maximum Gasteiger partial charge on any atom is 0.280 e. The average molecular weight is 351 g/mol. The number of carbonyl (C=O) groups excluding carboxylic acids is 1. The van der Waals surface area contributed by atoms with Gasteiger partial charge in [-0.1, -0.05) is 12.1 Å². The number of pyridine rings is 1. The molecule has 1 amide bonds. The molecule has 8 heteroatoms. The fraction of sp³-hybridized carbons (Fsp3) is 0. The van der Waals surface area contributed by atoms with Gasteiger partial charge in [0.25, 0.3) is 5.91 Å². The van der Waals surface area contributed by atoms with Crippen LogP contribution in [0.2, 0.25) is 0 Å². The number of aliphatic imine (C=N–C) groups is 1. The Bertz CT molecular complexity index is 1090. The van der Waals surface area contributed by atoms with Crippen LogP contribution < -0.4 is 11.5 Å². The topological polar surface area (TPSA) is 118 Å². The van der Waals surface area contributed by atoms with E-state index < -0.39 is 29.1 Å². The lowest BCUT2D eigenvalue weighted by atomic mass is 9.92. The van der Waals surface area contributed by atoms with Crippen LogP contribution in [-0.4, -0.2) is 16.9 Å². The van der Waals surface area contributed by atoms with Crippen molar-refractivity contribution in [1.82, 2.24) is 4.98 Å². The van der Waals surface area contributed by atoms with Gasteiger partial charge in [-0.15, -0.1) is 0 Å². The van der Waals surface area contributed by atoms with Crippen LogP contribution in [0.1, 0.15) is 15.9 Å². The van der Waals surface area contributed by atoms with Crippen molar-refractivity contribution in [3.63, 3.8) is 0 Å². The first-order valence-corrected chi connectivity index (χ1v) is 7.32. The number of hydrogen-bond donors (Lipinski definition) is 2. The molecule has 0 aliphatic carbocycles. The van der Waals surface area contributed by atoms with Crippen molar-refractivity contribution in [3.8, 4) is 17.2 Å². The summed E-state index contributed by atoms with van der Waals surface area (Å²) in [5.74, 6) is -2.96. The third-order valence-electron chi connectivity index (χ3n) is 3.72. The molecule has 128 valence electrons. The van der Waals surface area contributed by atoms with Gasteiger partial charge in [-0.05, 0) is 29.0 Å². The van der Waals surface area contributed by atoms with E-state index in [1.54, 1.807) is 12.1 Å². The van der Waals surface area contributed by atoms with E-state index in [2.05, 4.69) is 9.98 Å². The highest BCUT2D eigenvalue weighted by Crippen LogP contribution is 2.35. The number of halogens is 2. The summed E-state index contributed by atoms with van der Waals surface area (Å²) in [5.41, 5.74) is 10.2. The van der Waals surface area contributed by atoms with Crippen molar-refractivity contribution >= 4 is 22.6 Å². The van der Waals surface area contributed by atoms with Crippen LogP contribution in [0, 0.1) is 23.0 Å². The highest BCUT2D eigenvalue weighted by atomic mass is 19.1.